The van der Waals surface area contributed by atoms with Crippen molar-refractivity contribution < 1.29 is 4.79 Å². The molecular formula is C15H17NOS. The lowest BCUT2D eigenvalue weighted by atomic mass is 10.1. The number of rotatable bonds is 4. The molecule has 1 N–H and O–H groups in total. The van der Waals surface area contributed by atoms with Crippen molar-refractivity contribution in [3.8, 4) is 0 Å². The van der Waals surface area contributed by atoms with Gasteiger partial charge in [0, 0.05) is 4.88 Å². The molecule has 0 bridgehead atoms. The maximum Gasteiger partial charge on any atom is 0.224 e. The van der Waals surface area contributed by atoms with Crippen LogP contribution in [0.1, 0.15) is 29.0 Å². The maximum absolute atomic E-state index is 12.0. The van der Waals surface area contributed by atoms with Crippen LogP contribution in [0, 0.1) is 6.92 Å². The largest absolute Gasteiger partial charge is 0.348 e. The molecule has 2 nitrogen and oxygen atoms in total. The molecule has 2 aromatic rings. The summed E-state index contributed by atoms with van der Waals surface area (Å²) in [6, 6.07) is 12.1. The first-order chi connectivity index (χ1) is 8.66. The van der Waals surface area contributed by atoms with E-state index in [1.165, 1.54) is 4.88 Å². The van der Waals surface area contributed by atoms with E-state index in [1.807, 2.05) is 55.6 Å². The fourth-order valence-electron chi connectivity index (χ4n) is 1.88. The number of benzene rings is 1. The molecule has 0 radical (unpaired) electrons. The quantitative estimate of drug-likeness (QED) is 0.895. The molecule has 1 amide bonds. The fourth-order valence-corrected chi connectivity index (χ4v) is 2.62. The zero-order valence-electron chi connectivity index (χ0n) is 10.6. The number of nitrogens with one attached hydrogen (secondary N) is 1. The molecular weight excluding hydrogens is 242 g/mol. The second-order valence-corrected chi connectivity index (χ2v) is 5.39. The summed E-state index contributed by atoms with van der Waals surface area (Å²) in [7, 11) is 0. The summed E-state index contributed by atoms with van der Waals surface area (Å²) in [6.07, 6.45) is 0.447. The normalized spacial score (nSPS) is 12.1. The van der Waals surface area contributed by atoms with Crippen LogP contribution in [0.2, 0.25) is 0 Å². The van der Waals surface area contributed by atoms with Crippen molar-refractivity contribution in [2.75, 3.05) is 0 Å². The van der Waals surface area contributed by atoms with E-state index in [9.17, 15) is 4.79 Å². The SMILES string of the molecule is Cc1ccccc1CC(=O)NC(C)c1cccs1. The monoisotopic (exact) mass is 259 g/mol. The summed E-state index contributed by atoms with van der Waals surface area (Å²) in [5.41, 5.74) is 2.25. The number of thiophene rings is 1. The molecule has 1 heterocycles. The van der Waals surface area contributed by atoms with Gasteiger partial charge in [-0.2, -0.15) is 0 Å². The van der Waals surface area contributed by atoms with Gasteiger partial charge < -0.3 is 5.32 Å². The van der Waals surface area contributed by atoms with E-state index in [4.69, 9.17) is 0 Å². The minimum absolute atomic E-state index is 0.0743. The maximum atomic E-state index is 12.0. The minimum Gasteiger partial charge on any atom is -0.348 e. The third kappa shape index (κ3) is 3.20. The third-order valence-corrected chi connectivity index (χ3v) is 4.01. The second kappa shape index (κ2) is 5.83. The van der Waals surface area contributed by atoms with Gasteiger partial charge in [-0.05, 0) is 36.4 Å². The van der Waals surface area contributed by atoms with Gasteiger partial charge in [-0.25, -0.2) is 0 Å². The number of hydrogen-bond donors (Lipinski definition) is 1. The van der Waals surface area contributed by atoms with E-state index >= 15 is 0 Å². The lowest BCUT2D eigenvalue weighted by Crippen LogP contribution is -2.27. The molecule has 1 atom stereocenters. The van der Waals surface area contributed by atoms with Gasteiger partial charge in [0.25, 0.3) is 0 Å². The average molecular weight is 259 g/mol. The molecule has 18 heavy (non-hydrogen) atoms. The molecule has 0 aliphatic heterocycles. The molecule has 0 fully saturated rings. The lowest BCUT2D eigenvalue weighted by Gasteiger charge is -2.13. The van der Waals surface area contributed by atoms with E-state index in [1.54, 1.807) is 11.3 Å². The highest BCUT2D eigenvalue weighted by molar-refractivity contribution is 7.10. The van der Waals surface area contributed by atoms with Crippen LogP contribution < -0.4 is 5.32 Å². The highest BCUT2D eigenvalue weighted by atomic mass is 32.1. The number of hydrogen-bond acceptors (Lipinski definition) is 2. The van der Waals surface area contributed by atoms with Gasteiger partial charge in [-0.15, -0.1) is 11.3 Å². The highest BCUT2D eigenvalue weighted by Gasteiger charge is 2.11. The van der Waals surface area contributed by atoms with Crippen LogP contribution >= 0.6 is 11.3 Å². The summed E-state index contributed by atoms with van der Waals surface area (Å²) in [5, 5.41) is 5.06. The number of carbonyl (C=O) groups is 1. The Morgan fingerprint density at radius 2 is 2.06 bits per heavy atom. The first-order valence-corrected chi connectivity index (χ1v) is 6.92. The Bertz CT molecular complexity index is 519. The molecule has 0 saturated carbocycles. The minimum atomic E-state index is 0.0743. The molecule has 0 aliphatic carbocycles. The Hall–Kier alpha value is -1.61. The van der Waals surface area contributed by atoms with Gasteiger partial charge in [0.05, 0.1) is 12.5 Å². The predicted octanol–water partition coefficient (Wildman–Crippen LogP) is 3.48. The van der Waals surface area contributed by atoms with Crippen LogP contribution in [0.3, 0.4) is 0 Å². The van der Waals surface area contributed by atoms with Crippen molar-refractivity contribution in [1.29, 1.82) is 0 Å². The van der Waals surface area contributed by atoms with Gasteiger partial charge >= 0.3 is 0 Å². The summed E-state index contributed by atoms with van der Waals surface area (Å²) >= 11 is 1.67. The molecule has 0 aliphatic rings. The number of carbonyl (C=O) groups excluding carboxylic acids is 1. The van der Waals surface area contributed by atoms with Gasteiger partial charge in [0.1, 0.15) is 0 Å². The molecule has 2 rings (SSSR count). The summed E-state index contributed by atoms with van der Waals surface area (Å²) < 4.78 is 0. The van der Waals surface area contributed by atoms with Crippen LogP contribution in [-0.4, -0.2) is 5.91 Å². The summed E-state index contributed by atoms with van der Waals surface area (Å²) in [4.78, 5) is 13.2. The fraction of sp³-hybridized carbons (Fsp3) is 0.267. The smallest absolute Gasteiger partial charge is 0.224 e. The zero-order chi connectivity index (χ0) is 13.0. The number of amides is 1. The molecule has 94 valence electrons. The average Bonchev–Trinajstić information content (AvgIpc) is 2.85. The van der Waals surface area contributed by atoms with E-state index in [0.29, 0.717) is 6.42 Å². The van der Waals surface area contributed by atoms with Gasteiger partial charge in [0.2, 0.25) is 5.91 Å². The van der Waals surface area contributed by atoms with Crippen molar-refractivity contribution in [2.24, 2.45) is 0 Å². The Kier molecular flexibility index (Phi) is 4.15. The van der Waals surface area contributed by atoms with Crippen molar-refractivity contribution in [2.45, 2.75) is 26.3 Å². The van der Waals surface area contributed by atoms with Gasteiger partial charge in [0.15, 0.2) is 0 Å². The third-order valence-electron chi connectivity index (χ3n) is 2.96. The molecule has 1 aromatic carbocycles. The van der Waals surface area contributed by atoms with Crippen molar-refractivity contribution in [3.05, 3.63) is 57.8 Å². The first-order valence-electron chi connectivity index (χ1n) is 6.04. The van der Waals surface area contributed by atoms with E-state index in [-0.39, 0.29) is 11.9 Å². The highest BCUT2D eigenvalue weighted by Crippen LogP contribution is 2.18. The molecule has 0 spiro atoms. The van der Waals surface area contributed by atoms with Gasteiger partial charge in [-0.1, -0.05) is 30.3 Å². The van der Waals surface area contributed by atoms with Gasteiger partial charge in [-0.3, -0.25) is 4.79 Å². The Morgan fingerprint density at radius 3 is 2.72 bits per heavy atom. The first kappa shape index (κ1) is 12.8. The van der Waals surface area contributed by atoms with Crippen LogP contribution in [-0.2, 0) is 11.2 Å². The van der Waals surface area contributed by atoms with Crippen molar-refractivity contribution in [1.82, 2.24) is 5.32 Å². The van der Waals surface area contributed by atoms with E-state index in [0.717, 1.165) is 11.1 Å². The molecule has 1 unspecified atom stereocenters. The molecule has 0 saturated heterocycles. The van der Waals surface area contributed by atoms with Crippen LogP contribution in [0.5, 0.6) is 0 Å². The van der Waals surface area contributed by atoms with Crippen LogP contribution in [0.25, 0.3) is 0 Å². The lowest BCUT2D eigenvalue weighted by molar-refractivity contribution is -0.121. The second-order valence-electron chi connectivity index (χ2n) is 4.41. The van der Waals surface area contributed by atoms with E-state index in [2.05, 4.69) is 5.32 Å². The standard InChI is InChI=1S/C15H17NOS/c1-11-6-3-4-7-13(11)10-15(17)16-12(2)14-8-5-9-18-14/h3-9,12H,10H2,1-2H3,(H,16,17). The van der Waals surface area contributed by atoms with E-state index < -0.39 is 0 Å². The Balaban J connectivity index is 1.95. The molecule has 3 heteroatoms. The summed E-state index contributed by atoms with van der Waals surface area (Å²) in [6.45, 7) is 4.05. The van der Waals surface area contributed by atoms with Crippen molar-refractivity contribution in [3.63, 3.8) is 0 Å². The Labute approximate surface area is 112 Å². The molecule has 1 aromatic heterocycles. The van der Waals surface area contributed by atoms with Crippen molar-refractivity contribution >= 4 is 17.2 Å². The van der Waals surface area contributed by atoms with Crippen LogP contribution in [0.4, 0.5) is 0 Å². The Morgan fingerprint density at radius 1 is 1.28 bits per heavy atom. The van der Waals surface area contributed by atoms with Crippen LogP contribution in [0.15, 0.2) is 41.8 Å². The zero-order valence-corrected chi connectivity index (χ0v) is 11.5. The number of aryl methyl sites for hydroxylation is 1. The predicted molar refractivity (Wildman–Crippen MR) is 75.8 cm³/mol. The topological polar surface area (TPSA) is 29.1 Å². The summed E-state index contributed by atoms with van der Waals surface area (Å²) in [5.74, 6) is 0.0743.